The van der Waals surface area contributed by atoms with Crippen molar-refractivity contribution in [3.05, 3.63) is 18.2 Å². The first kappa shape index (κ1) is 45.0. The van der Waals surface area contributed by atoms with Gasteiger partial charge in [0.2, 0.25) is 23.8 Å². The summed E-state index contributed by atoms with van der Waals surface area (Å²) in [5.74, 6) is 0.495. The van der Waals surface area contributed by atoms with E-state index < -0.39 is 11.1 Å². The summed E-state index contributed by atoms with van der Waals surface area (Å²) in [5, 5.41) is 35.9. The van der Waals surface area contributed by atoms with Gasteiger partial charge < -0.3 is 64.5 Å². The summed E-state index contributed by atoms with van der Waals surface area (Å²) in [5.41, 5.74) is 0.592. The monoisotopic (exact) mass is 764 g/mol. The number of hydrogen-bond donors (Lipinski definition) is 8. The van der Waals surface area contributed by atoms with Crippen LogP contribution in [-0.2, 0) is 30.0 Å². The fourth-order valence-electron chi connectivity index (χ4n) is 3.79. The average molecular weight is 765 g/mol. The second-order valence-electron chi connectivity index (χ2n) is 9.85. The molecule has 2 heterocycles. The van der Waals surface area contributed by atoms with Crippen LogP contribution >= 0.6 is 0 Å². The Labute approximate surface area is 325 Å². The number of ether oxygens (including phenoxy) is 6. The number of aliphatic hydroxyl groups is 2. The summed E-state index contributed by atoms with van der Waals surface area (Å²) in [7, 11) is 3.13. The SMILES string of the molecule is COCNCCOc1nc(Nc2cc(Nc3nc(NCCOCCO)nc(NCCOCCO)n3)cc(S(=O)[O-])c2)nc(OCCNCOC)n1.[Na+]. The fraction of sp³-hybridized carbons (Fsp3) is 0.571. The Morgan fingerprint density at radius 2 is 1.10 bits per heavy atom. The van der Waals surface area contributed by atoms with Gasteiger partial charge in [-0.25, -0.2) is 0 Å². The first-order chi connectivity index (χ1) is 24.9. The Balaban J connectivity index is 0.00000936. The molecule has 1 atom stereocenters. The molecule has 1 unspecified atom stereocenters. The Hall–Kier alpha value is -3.17. The molecule has 284 valence electrons. The Morgan fingerprint density at radius 3 is 1.54 bits per heavy atom. The standard InChI is InChI=1S/C28H46N12O10S.Na/c1-45-18-29-3-11-49-27-38-26(39-28(40-27)50-12-4-30-19-46-2)34-21-15-20(16-22(17-21)51(43)44)33-25-36-23(31-5-9-47-13-7-41)35-24(37-25)32-6-10-48-14-8-42;/h15-17,29-30,41-42H,3-14,18-19H2,1-2H3,(H,43,44)(H,34,38,39,40)(H3,31,32,33,35,36,37);/q;+1/p-1. The summed E-state index contributed by atoms with van der Waals surface area (Å²) in [6.07, 6.45) is 0. The van der Waals surface area contributed by atoms with E-state index in [-0.39, 0.29) is 123 Å². The molecule has 0 amide bonds. The molecule has 0 fully saturated rings. The van der Waals surface area contributed by atoms with Gasteiger partial charge in [0.25, 0.3) is 0 Å². The van der Waals surface area contributed by atoms with Gasteiger partial charge in [-0.3, -0.25) is 14.8 Å². The molecule has 0 aliphatic rings. The number of aromatic nitrogens is 6. The molecule has 8 N–H and O–H groups in total. The van der Waals surface area contributed by atoms with Crippen LogP contribution in [0, 0.1) is 0 Å². The van der Waals surface area contributed by atoms with Crippen molar-refractivity contribution >= 4 is 46.2 Å². The van der Waals surface area contributed by atoms with E-state index in [1.54, 1.807) is 20.3 Å². The largest absolute Gasteiger partial charge is 1.00 e. The van der Waals surface area contributed by atoms with Crippen molar-refractivity contribution in [1.29, 1.82) is 0 Å². The summed E-state index contributed by atoms with van der Waals surface area (Å²) in [6, 6.07) is 4.32. The maximum Gasteiger partial charge on any atom is 1.00 e. The second kappa shape index (κ2) is 27.4. The van der Waals surface area contributed by atoms with E-state index in [1.165, 1.54) is 12.1 Å². The number of hydrogen-bond acceptors (Lipinski definition) is 22. The average Bonchev–Trinajstić information content (AvgIpc) is 3.11. The smallest absolute Gasteiger partial charge is 0.768 e. The predicted molar refractivity (Wildman–Crippen MR) is 183 cm³/mol. The third kappa shape index (κ3) is 18.5. The van der Waals surface area contributed by atoms with Crippen LogP contribution in [0.15, 0.2) is 23.1 Å². The molecule has 22 nitrogen and oxygen atoms in total. The van der Waals surface area contributed by atoms with Crippen molar-refractivity contribution < 1.29 is 77.0 Å². The van der Waals surface area contributed by atoms with Crippen LogP contribution in [0.25, 0.3) is 0 Å². The zero-order valence-corrected chi connectivity index (χ0v) is 32.2. The minimum Gasteiger partial charge on any atom is -0.768 e. The van der Waals surface area contributed by atoms with Crippen molar-refractivity contribution in [1.82, 2.24) is 40.5 Å². The third-order valence-electron chi connectivity index (χ3n) is 5.88. The number of nitrogens with one attached hydrogen (secondary N) is 6. The molecule has 24 heteroatoms. The first-order valence-electron chi connectivity index (χ1n) is 15.7. The van der Waals surface area contributed by atoms with Gasteiger partial charge >= 0.3 is 41.6 Å². The van der Waals surface area contributed by atoms with E-state index in [4.69, 9.17) is 38.6 Å². The van der Waals surface area contributed by atoms with Crippen LogP contribution in [0.2, 0.25) is 0 Å². The molecule has 0 aliphatic carbocycles. The molecule has 0 saturated heterocycles. The van der Waals surface area contributed by atoms with Gasteiger partial charge in [0, 0.05) is 56.7 Å². The molecule has 1 aromatic carbocycles. The van der Waals surface area contributed by atoms with E-state index in [1.807, 2.05) is 0 Å². The summed E-state index contributed by atoms with van der Waals surface area (Å²) in [4.78, 5) is 25.9. The number of nitrogens with zero attached hydrogens (tertiary/aromatic N) is 6. The van der Waals surface area contributed by atoms with Gasteiger partial charge in [-0.05, 0) is 29.3 Å². The summed E-state index contributed by atoms with van der Waals surface area (Å²) < 4.78 is 56.1. The van der Waals surface area contributed by atoms with Crippen LogP contribution in [0.1, 0.15) is 0 Å². The van der Waals surface area contributed by atoms with E-state index in [9.17, 15) is 8.76 Å². The first-order valence-corrected chi connectivity index (χ1v) is 16.8. The number of methoxy groups -OCH3 is 2. The van der Waals surface area contributed by atoms with Crippen LogP contribution in [-0.4, -0.2) is 156 Å². The second-order valence-corrected chi connectivity index (χ2v) is 10.8. The fourth-order valence-corrected chi connectivity index (χ4v) is 4.24. The van der Waals surface area contributed by atoms with Gasteiger partial charge in [-0.15, -0.1) is 4.98 Å². The molecule has 0 radical (unpaired) electrons. The van der Waals surface area contributed by atoms with Gasteiger partial charge in [0.15, 0.2) is 0 Å². The number of rotatable bonds is 29. The quantitative estimate of drug-likeness (QED) is 0.0144. The molecule has 0 spiro atoms. The number of anilines is 6. The summed E-state index contributed by atoms with van der Waals surface area (Å²) >= 11 is -2.62. The third-order valence-corrected chi connectivity index (χ3v) is 6.50. The van der Waals surface area contributed by atoms with Crippen molar-refractivity contribution in [3.63, 3.8) is 0 Å². The van der Waals surface area contributed by atoms with E-state index >= 15 is 0 Å². The Bertz CT molecular complexity index is 1300. The number of benzene rings is 1. The van der Waals surface area contributed by atoms with Crippen molar-refractivity contribution in [2.45, 2.75) is 4.90 Å². The predicted octanol–water partition coefficient (Wildman–Crippen LogP) is -4.23. The summed E-state index contributed by atoms with van der Waals surface area (Å²) in [6.45, 7) is 3.40. The van der Waals surface area contributed by atoms with E-state index in [0.29, 0.717) is 51.0 Å². The maximum absolute atomic E-state index is 12.1. The van der Waals surface area contributed by atoms with Gasteiger partial charge in [-0.1, -0.05) is 0 Å². The van der Waals surface area contributed by atoms with Crippen LogP contribution in [0.5, 0.6) is 12.0 Å². The van der Waals surface area contributed by atoms with Crippen molar-refractivity contribution in [2.24, 2.45) is 0 Å². The molecule has 0 saturated carbocycles. The molecular weight excluding hydrogens is 719 g/mol. The molecule has 2 aromatic heterocycles. The van der Waals surface area contributed by atoms with Gasteiger partial charge in [-0.2, -0.15) is 24.9 Å². The van der Waals surface area contributed by atoms with Crippen LogP contribution in [0.3, 0.4) is 0 Å². The van der Waals surface area contributed by atoms with Gasteiger partial charge in [0.1, 0.15) is 13.2 Å². The minimum absolute atomic E-state index is 0. The molecule has 52 heavy (non-hydrogen) atoms. The molecular formula is C28H45N12NaO10S. The van der Waals surface area contributed by atoms with Gasteiger partial charge in [0.05, 0.1) is 53.1 Å². The van der Waals surface area contributed by atoms with E-state index in [0.717, 1.165) is 0 Å². The zero-order valence-electron chi connectivity index (χ0n) is 29.4. The van der Waals surface area contributed by atoms with Crippen molar-refractivity contribution in [3.8, 4) is 12.0 Å². The molecule has 0 bridgehead atoms. The Kier molecular flexibility index (Phi) is 23.7. The molecule has 3 rings (SSSR count). The Morgan fingerprint density at radius 1 is 0.635 bits per heavy atom. The normalized spacial score (nSPS) is 11.4. The zero-order chi connectivity index (χ0) is 36.5. The topological polar surface area (TPSA) is 285 Å². The molecule has 0 aliphatic heterocycles. The van der Waals surface area contributed by atoms with Crippen LogP contribution in [0.4, 0.5) is 35.2 Å². The minimum atomic E-state index is -2.62. The number of aliphatic hydroxyl groups excluding tert-OH is 2. The maximum atomic E-state index is 12.1. The van der Waals surface area contributed by atoms with E-state index in [2.05, 4.69) is 61.8 Å². The van der Waals surface area contributed by atoms with Crippen LogP contribution < -0.4 is 70.9 Å². The van der Waals surface area contributed by atoms with Crippen molar-refractivity contribution in [2.75, 3.05) is 128 Å². The molecule has 3 aromatic rings.